The highest BCUT2D eigenvalue weighted by atomic mass is 19.1. The van der Waals surface area contributed by atoms with Crippen molar-refractivity contribution >= 4 is 17.4 Å². The van der Waals surface area contributed by atoms with Crippen molar-refractivity contribution in [2.75, 3.05) is 11.1 Å². The van der Waals surface area contributed by atoms with Crippen LogP contribution in [0.4, 0.5) is 15.9 Å². The van der Waals surface area contributed by atoms with E-state index in [1.807, 2.05) is 0 Å². The monoisotopic (exact) mass is 232 g/mol. The number of nitrogens with zero attached hydrogens (tertiary/aromatic N) is 2. The average Bonchev–Trinajstić information content (AvgIpc) is 2.30. The molecule has 0 bridgehead atoms. The van der Waals surface area contributed by atoms with Crippen LogP contribution in [0.1, 0.15) is 10.4 Å². The third kappa shape index (κ3) is 2.54. The summed E-state index contributed by atoms with van der Waals surface area (Å²) < 4.78 is 13.4. The third-order valence-electron chi connectivity index (χ3n) is 2.05. The number of amides is 1. The van der Waals surface area contributed by atoms with E-state index in [0.717, 1.165) is 6.07 Å². The standard InChI is InChI=1S/C11H9FN4O/c12-9-6-7(13)3-4-8(9)11(17)15-10-2-1-5-14-16-10/h1-6H,13H2,(H,15,16,17). The zero-order valence-corrected chi connectivity index (χ0v) is 8.72. The Morgan fingerprint density at radius 3 is 2.82 bits per heavy atom. The molecular weight excluding hydrogens is 223 g/mol. The maximum atomic E-state index is 13.4. The second kappa shape index (κ2) is 4.56. The minimum Gasteiger partial charge on any atom is -0.399 e. The van der Waals surface area contributed by atoms with Gasteiger partial charge in [-0.3, -0.25) is 4.79 Å². The lowest BCUT2D eigenvalue weighted by molar-refractivity contribution is 0.102. The molecule has 0 radical (unpaired) electrons. The molecule has 2 aromatic rings. The number of hydrogen-bond acceptors (Lipinski definition) is 4. The first-order chi connectivity index (χ1) is 8.16. The minimum atomic E-state index is -0.675. The lowest BCUT2D eigenvalue weighted by Crippen LogP contribution is -2.15. The average molecular weight is 232 g/mol. The van der Waals surface area contributed by atoms with Gasteiger partial charge in [-0.25, -0.2) is 4.39 Å². The number of aromatic nitrogens is 2. The largest absolute Gasteiger partial charge is 0.399 e. The van der Waals surface area contributed by atoms with Crippen LogP contribution in [0, 0.1) is 5.82 Å². The van der Waals surface area contributed by atoms with Crippen LogP contribution in [0.3, 0.4) is 0 Å². The van der Waals surface area contributed by atoms with Gasteiger partial charge >= 0.3 is 0 Å². The molecule has 3 N–H and O–H groups in total. The van der Waals surface area contributed by atoms with Crippen LogP contribution in [-0.2, 0) is 0 Å². The SMILES string of the molecule is Nc1ccc(C(=O)Nc2cccnn2)c(F)c1. The van der Waals surface area contributed by atoms with Gasteiger partial charge in [0.05, 0.1) is 5.56 Å². The molecule has 6 heteroatoms. The molecule has 0 saturated heterocycles. The van der Waals surface area contributed by atoms with Crippen LogP contribution < -0.4 is 11.1 Å². The molecule has 0 aliphatic carbocycles. The topological polar surface area (TPSA) is 80.9 Å². The molecule has 1 amide bonds. The predicted octanol–water partition coefficient (Wildman–Crippen LogP) is 1.45. The number of anilines is 2. The van der Waals surface area contributed by atoms with E-state index >= 15 is 0 Å². The van der Waals surface area contributed by atoms with Gasteiger partial charge in [-0.1, -0.05) is 0 Å². The number of halogens is 1. The highest BCUT2D eigenvalue weighted by molar-refractivity contribution is 6.04. The maximum absolute atomic E-state index is 13.4. The summed E-state index contributed by atoms with van der Waals surface area (Å²) in [6.07, 6.45) is 1.47. The number of nitrogens with one attached hydrogen (secondary N) is 1. The molecule has 0 spiro atoms. The molecule has 5 nitrogen and oxygen atoms in total. The van der Waals surface area contributed by atoms with Crippen molar-refractivity contribution in [2.24, 2.45) is 0 Å². The van der Waals surface area contributed by atoms with Gasteiger partial charge in [0, 0.05) is 11.9 Å². The van der Waals surface area contributed by atoms with Gasteiger partial charge < -0.3 is 11.1 Å². The molecule has 17 heavy (non-hydrogen) atoms. The third-order valence-corrected chi connectivity index (χ3v) is 2.05. The quantitative estimate of drug-likeness (QED) is 0.768. The molecule has 1 aromatic heterocycles. The first kappa shape index (κ1) is 11.0. The van der Waals surface area contributed by atoms with Gasteiger partial charge in [0.15, 0.2) is 5.82 Å². The van der Waals surface area contributed by atoms with E-state index in [1.165, 1.54) is 18.3 Å². The summed E-state index contributed by atoms with van der Waals surface area (Å²) >= 11 is 0. The van der Waals surface area contributed by atoms with Gasteiger partial charge in [-0.05, 0) is 30.3 Å². The Morgan fingerprint density at radius 2 is 2.18 bits per heavy atom. The molecule has 0 atom stereocenters. The molecule has 0 aliphatic heterocycles. The first-order valence-corrected chi connectivity index (χ1v) is 4.81. The van der Waals surface area contributed by atoms with Crippen LogP contribution in [0.5, 0.6) is 0 Å². The molecule has 0 saturated carbocycles. The fourth-order valence-corrected chi connectivity index (χ4v) is 1.27. The van der Waals surface area contributed by atoms with Gasteiger partial charge in [0.25, 0.3) is 5.91 Å². The smallest absolute Gasteiger partial charge is 0.259 e. The van der Waals surface area contributed by atoms with Gasteiger partial charge in [0.2, 0.25) is 0 Å². The van der Waals surface area contributed by atoms with Crippen LogP contribution in [0.25, 0.3) is 0 Å². The Bertz CT molecular complexity index is 544. The molecule has 0 aliphatic rings. The molecule has 86 valence electrons. The normalized spacial score (nSPS) is 9.94. The lowest BCUT2D eigenvalue weighted by atomic mass is 10.2. The molecule has 1 aromatic carbocycles. The van der Waals surface area contributed by atoms with E-state index in [2.05, 4.69) is 15.5 Å². The highest BCUT2D eigenvalue weighted by Crippen LogP contribution is 2.13. The van der Waals surface area contributed by atoms with E-state index in [9.17, 15) is 9.18 Å². The summed E-state index contributed by atoms with van der Waals surface area (Å²) in [6.45, 7) is 0. The summed E-state index contributed by atoms with van der Waals surface area (Å²) in [4.78, 5) is 11.7. The van der Waals surface area contributed by atoms with E-state index in [-0.39, 0.29) is 17.1 Å². The lowest BCUT2D eigenvalue weighted by Gasteiger charge is -2.04. The van der Waals surface area contributed by atoms with E-state index in [1.54, 1.807) is 12.1 Å². The highest BCUT2D eigenvalue weighted by Gasteiger charge is 2.12. The van der Waals surface area contributed by atoms with E-state index < -0.39 is 11.7 Å². The minimum absolute atomic E-state index is 0.0927. The Labute approximate surface area is 96.5 Å². The maximum Gasteiger partial charge on any atom is 0.259 e. The van der Waals surface area contributed by atoms with Crippen molar-refractivity contribution in [3.8, 4) is 0 Å². The number of hydrogen-bond donors (Lipinski definition) is 2. The number of benzene rings is 1. The number of rotatable bonds is 2. The van der Waals surface area contributed by atoms with Gasteiger partial charge in [-0.15, -0.1) is 5.10 Å². The zero-order valence-electron chi connectivity index (χ0n) is 8.72. The predicted molar refractivity (Wildman–Crippen MR) is 60.8 cm³/mol. The van der Waals surface area contributed by atoms with Gasteiger partial charge in [-0.2, -0.15) is 5.10 Å². The van der Waals surface area contributed by atoms with Crippen molar-refractivity contribution in [3.63, 3.8) is 0 Å². The van der Waals surface area contributed by atoms with Crippen LogP contribution in [0.15, 0.2) is 36.5 Å². The number of carbonyl (C=O) groups excluding carboxylic acids is 1. The number of nitrogen functional groups attached to an aromatic ring is 1. The van der Waals surface area contributed by atoms with Crippen LogP contribution in [0.2, 0.25) is 0 Å². The summed E-state index contributed by atoms with van der Waals surface area (Å²) in [5, 5.41) is 9.68. The van der Waals surface area contributed by atoms with Crippen molar-refractivity contribution in [2.45, 2.75) is 0 Å². The Hall–Kier alpha value is -2.50. The number of carbonyl (C=O) groups is 1. The first-order valence-electron chi connectivity index (χ1n) is 4.81. The van der Waals surface area contributed by atoms with Crippen molar-refractivity contribution in [1.29, 1.82) is 0 Å². The fraction of sp³-hybridized carbons (Fsp3) is 0. The molecule has 2 rings (SSSR count). The van der Waals surface area contributed by atoms with Crippen LogP contribution in [-0.4, -0.2) is 16.1 Å². The number of nitrogens with two attached hydrogens (primary N) is 1. The van der Waals surface area contributed by atoms with Crippen LogP contribution >= 0.6 is 0 Å². The van der Waals surface area contributed by atoms with E-state index in [4.69, 9.17) is 5.73 Å². The zero-order chi connectivity index (χ0) is 12.3. The molecule has 1 heterocycles. The second-order valence-electron chi connectivity index (χ2n) is 3.30. The van der Waals surface area contributed by atoms with Crippen molar-refractivity contribution in [3.05, 3.63) is 47.9 Å². The van der Waals surface area contributed by atoms with Crippen molar-refractivity contribution in [1.82, 2.24) is 10.2 Å². The fourth-order valence-electron chi connectivity index (χ4n) is 1.27. The summed E-state index contributed by atoms with van der Waals surface area (Å²) in [7, 11) is 0. The van der Waals surface area contributed by atoms with Gasteiger partial charge in [0.1, 0.15) is 5.82 Å². The molecule has 0 fully saturated rings. The summed E-state index contributed by atoms with van der Waals surface area (Å²) in [6, 6.07) is 7.03. The second-order valence-corrected chi connectivity index (χ2v) is 3.30. The van der Waals surface area contributed by atoms with Crippen molar-refractivity contribution < 1.29 is 9.18 Å². The summed E-state index contributed by atoms with van der Waals surface area (Å²) in [5.74, 6) is -1.01. The Morgan fingerprint density at radius 1 is 1.35 bits per heavy atom. The Balaban J connectivity index is 2.21. The van der Waals surface area contributed by atoms with E-state index in [0.29, 0.717) is 0 Å². The molecular formula is C11H9FN4O. The molecule has 0 unspecified atom stereocenters. The summed E-state index contributed by atoms with van der Waals surface area (Å²) in [5.41, 5.74) is 5.56. The Kier molecular flexibility index (Phi) is 2.95.